The van der Waals surface area contributed by atoms with Gasteiger partial charge in [0.2, 0.25) is 6.08 Å². The molecule has 2 aliphatic rings. The SMILES string of the molecule is Cc1c(C2(N=C=O)CCCC2)cc(Cl)c2c1OCCCO2. The Balaban J connectivity index is 2.17. The zero-order valence-electron chi connectivity index (χ0n) is 12.1. The van der Waals surface area contributed by atoms with Crippen molar-refractivity contribution < 1.29 is 14.3 Å². The number of hydrogen-bond acceptors (Lipinski definition) is 4. The van der Waals surface area contributed by atoms with Gasteiger partial charge >= 0.3 is 0 Å². The van der Waals surface area contributed by atoms with Gasteiger partial charge in [-0.2, -0.15) is 4.99 Å². The van der Waals surface area contributed by atoms with E-state index in [0.717, 1.165) is 43.2 Å². The van der Waals surface area contributed by atoms with Gasteiger partial charge in [-0.05, 0) is 31.4 Å². The maximum atomic E-state index is 10.9. The third kappa shape index (κ3) is 2.43. The summed E-state index contributed by atoms with van der Waals surface area (Å²) in [6.07, 6.45) is 6.38. The van der Waals surface area contributed by atoms with Gasteiger partial charge in [-0.1, -0.05) is 24.4 Å². The Morgan fingerprint density at radius 3 is 2.52 bits per heavy atom. The van der Waals surface area contributed by atoms with Crippen LogP contribution in [0.5, 0.6) is 11.5 Å². The van der Waals surface area contributed by atoms with Crippen molar-refractivity contribution in [3.05, 3.63) is 22.2 Å². The van der Waals surface area contributed by atoms with Crippen molar-refractivity contribution in [1.82, 2.24) is 0 Å². The Morgan fingerprint density at radius 2 is 1.86 bits per heavy atom. The van der Waals surface area contributed by atoms with Gasteiger partial charge in [-0.15, -0.1) is 0 Å². The number of aliphatic imine (C=N–C) groups is 1. The van der Waals surface area contributed by atoms with Gasteiger partial charge in [0, 0.05) is 12.0 Å². The molecule has 1 aliphatic carbocycles. The van der Waals surface area contributed by atoms with E-state index in [1.807, 2.05) is 13.0 Å². The van der Waals surface area contributed by atoms with Crippen LogP contribution in [-0.2, 0) is 10.3 Å². The van der Waals surface area contributed by atoms with E-state index in [4.69, 9.17) is 21.1 Å². The van der Waals surface area contributed by atoms with Crippen LogP contribution in [-0.4, -0.2) is 19.3 Å². The summed E-state index contributed by atoms with van der Waals surface area (Å²) in [5.74, 6) is 1.31. The second kappa shape index (κ2) is 5.70. The highest BCUT2D eigenvalue weighted by molar-refractivity contribution is 6.32. The van der Waals surface area contributed by atoms with E-state index in [-0.39, 0.29) is 0 Å². The molecular weight excluding hydrogens is 290 g/mol. The fourth-order valence-corrected chi connectivity index (χ4v) is 3.64. The predicted molar refractivity (Wildman–Crippen MR) is 80.1 cm³/mol. The molecular formula is C16H18ClNO3. The smallest absolute Gasteiger partial charge is 0.235 e. The standard InChI is InChI=1S/C16H18ClNO3/c1-11-12(16(18-10-19)5-2-3-6-16)9-13(17)15-14(11)20-7-4-8-21-15/h9H,2-8H2,1H3. The van der Waals surface area contributed by atoms with E-state index >= 15 is 0 Å². The molecule has 112 valence electrons. The van der Waals surface area contributed by atoms with Crippen molar-refractivity contribution in [1.29, 1.82) is 0 Å². The summed E-state index contributed by atoms with van der Waals surface area (Å²) in [6, 6.07) is 1.89. The van der Waals surface area contributed by atoms with Gasteiger partial charge in [0.05, 0.1) is 23.8 Å². The zero-order chi connectivity index (χ0) is 14.9. The molecule has 0 aromatic heterocycles. The molecule has 0 amide bonds. The van der Waals surface area contributed by atoms with Gasteiger partial charge in [0.25, 0.3) is 0 Å². The second-order valence-electron chi connectivity index (χ2n) is 5.68. The highest BCUT2D eigenvalue weighted by atomic mass is 35.5. The van der Waals surface area contributed by atoms with Gasteiger partial charge in [0.1, 0.15) is 0 Å². The van der Waals surface area contributed by atoms with Crippen molar-refractivity contribution in [3.63, 3.8) is 0 Å². The predicted octanol–water partition coefficient (Wildman–Crippen LogP) is 3.91. The van der Waals surface area contributed by atoms with E-state index in [2.05, 4.69) is 4.99 Å². The fraction of sp³-hybridized carbons (Fsp3) is 0.562. The average Bonchev–Trinajstić information content (AvgIpc) is 2.79. The summed E-state index contributed by atoms with van der Waals surface area (Å²) in [6.45, 7) is 3.19. The first-order chi connectivity index (χ1) is 10.2. The molecule has 1 heterocycles. The minimum absolute atomic E-state index is 0.500. The molecule has 4 nitrogen and oxygen atoms in total. The minimum Gasteiger partial charge on any atom is -0.489 e. The summed E-state index contributed by atoms with van der Waals surface area (Å²) in [5, 5.41) is 0.528. The molecule has 1 fully saturated rings. The number of benzene rings is 1. The van der Waals surface area contributed by atoms with E-state index in [0.29, 0.717) is 29.7 Å². The van der Waals surface area contributed by atoms with Gasteiger partial charge < -0.3 is 9.47 Å². The maximum Gasteiger partial charge on any atom is 0.235 e. The Bertz CT molecular complexity index is 602. The number of halogens is 1. The lowest BCUT2D eigenvalue weighted by atomic mass is 9.85. The van der Waals surface area contributed by atoms with Crippen LogP contribution in [0.1, 0.15) is 43.2 Å². The second-order valence-corrected chi connectivity index (χ2v) is 6.09. The van der Waals surface area contributed by atoms with Crippen LogP contribution in [0.3, 0.4) is 0 Å². The van der Waals surface area contributed by atoms with Gasteiger partial charge in [-0.25, -0.2) is 4.79 Å². The monoisotopic (exact) mass is 307 g/mol. The largest absolute Gasteiger partial charge is 0.489 e. The maximum absolute atomic E-state index is 10.9. The first-order valence-corrected chi connectivity index (χ1v) is 7.74. The van der Waals surface area contributed by atoms with Crippen LogP contribution >= 0.6 is 11.6 Å². The van der Waals surface area contributed by atoms with Crippen molar-refractivity contribution in [2.75, 3.05) is 13.2 Å². The Kier molecular flexibility index (Phi) is 3.92. The molecule has 5 heteroatoms. The van der Waals surface area contributed by atoms with Crippen molar-refractivity contribution >= 4 is 17.7 Å². The molecule has 0 atom stereocenters. The third-order valence-corrected chi connectivity index (χ3v) is 4.69. The molecule has 0 N–H and O–H groups in total. The fourth-order valence-electron chi connectivity index (χ4n) is 3.39. The molecule has 3 rings (SSSR count). The number of fused-ring (bicyclic) bond motifs is 1. The first kappa shape index (κ1) is 14.4. The highest BCUT2D eigenvalue weighted by Crippen LogP contribution is 2.49. The van der Waals surface area contributed by atoms with Crippen LogP contribution < -0.4 is 9.47 Å². The molecule has 1 aromatic carbocycles. The van der Waals surface area contributed by atoms with Crippen LogP contribution in [0.25, 0.3) is 0 Å². The summed E-state index contributed by atoms with van der Waals surface area (Å²) in [7, 11) is 0. The van der Waals surface area contributed by atoms with Gasteiger partial charge in [-0.3, -0.25) is 0 Å². The lowest BCUT2D eigenvalue weighted by Gasteiger charge is -2.27. The molecule has 21 heavy (non-hydrogen) atoms. The quantitative estimate of drug-likeness (QED) is 0.614. The number of nitrogens with zero attached hydrogens (tertiary/aromatic N) is 1. The zero-order valence-corrected chi connectivity index (χ0v) is 12.8. The molecule has 0 spiro atoms. The Labute approximate surface area is 129 Å². The summed E-state index contributed by atoms with van der Waals surface area (Å²) in [4.78, 5) is 15.0. The van der Waals surface area contributed by atoms with E-state index < -0.39 is 5.54 Å². The molecule has 1 saturated carbocycles. The van der Waals surface area contributed by atoms with Crippen molar-refractivity contribution in [2.45, 2.75) is 44.6 Å². The number of ether oxygens (including phenoxy) is 2. The summed E-state index contributed by atoms with van der Waals surface area (Å²) >= 11 is 6.39. The number of hydrogen-bond donors (Lipinski definition) is 0. The summed E-state index contributed by atoms with van der Waals surface area (Å²) < 4.78 is 11.5. The van der Waals surface area contributed by atoms with Gasteiger partial charge in [0.15, 0.2) is 11.5 Å². The number of carbonyl (C=O) groups excluding carboxylic acids is 1. The average molecular weight is 308 g/mol. The van der Waals surface area contributed by atoms with E-state index in [1.165, 1.54) is 0 Å². The van der Waals surface area contributed by atoms with E-state index in [9.17, 15) is 4.79 Å². The molecule has 0 radical (unpaired) electrons. The number of isocyanates is 1. The Hall–Kier alpha value is -1.51. The van der Waals surface area contributed by atoms with Crippen molar-refractivity contribution in [2.24, 2.45) is 4.99 Å². The van der Waals surface area contributed by atoms with Crippen LogP contribution in [0, 0.1) is 6.92 Å². The molecule has 0 bridgehead atoms. The third-order valence-electron chi connectivity index (χ3n) is 4.41. The molecule has 0 unspecified atom stereocenters. The van der Waals surface area contributed by atoms with Crippen LogP contribution in [0.15, 0.2) is 11.1 Å². The molecule has 1 aromatic rings. The molecule has 1 aliphatic heterocycles. The van der Waals surface area contributed by atoms with E-state index in [1.54, 1.807) is 6.08 Å². The first-order valence-electron chi connectivity index (χ1n) is 7.36. The normalized spacial score (nSPS) is 19.7. The highest BCUT2D eigenvalue weighted by Gasteiger charge is 2.39. The lowest BCUT2D eigenvalue weighted by molar-refractivity contribution is 0.296. The number of rotatable bonds is 2. The van der Waals surface area contributed by atoms with Crippen LogP contribution in [0.4, 0.5) is 0 Å². The molecule has 0 saturated heterocycles. The van der Waals surface area contributed by atoms with Crippen molar-refractivity contribution in [3.8, 4) is 11.5 Å². The lowest BCUT2D eigenvalue weighted by Crippen LogP contribution is -2.21. The Morgan fingerprint density at radius 1 is 1.19 bits per heavy atom. The minimum atomic E-state index is -0.500. The topological polar surface area (TPSA) is 47.9 Å². The summed E-state index contributed by atoms with van der Waals surface area (Å²) in [5.41, 5.74) is 1.44. The van der Waals surface area contributed by atoms with Crippen LogP contribution in [0.2, 0.25) is 5.02 Å².